The molecule has 0 N–H and O–H groups in total. The maximum absolute atomic E-state index is 13.4. The molecule has 3 aliphatic rings. The van der Waals surface area contributed by atoms with Gasteiger partial charge in [-0.1, -0.05) is 108 Å². The van der Waals surface area contributed by atoms with Gasteiger partial charge in [-0.2, -0.15) is 0 Å². The maximum atomic E-state index is 13.4. The molecule has 1 saturated heterocycles. The Kier molecular flexibility index (Phi) is 11.9. The van der Waals surface area contributed by atoms with Crippen LogP contribution in [0.25, 0.3) is 6.08 Å². The molecule has 4 aromatic rings. The van der Waals surface area contributed by atoms with E-state index < -0.39 is 6.04 Å². The van der Waals surface area contributed by atoms with Crippen molar-refractivity contribution < 1.29 is 31.4 Å². The molecule has 1 unspecified atom stereocenters. The van der Waals surface area contributed by atoms with Gasteiger partial charge in [0.2, 0.25) is 0 Å². The van der Waals surface area contributed by atoms with E-state index in [1.165, 1.54) is 0 Å². The number of hydrogen-bond acceptors (Lipinski definition) is 5. The molecule has 1 fully saturated rings. The number of aromatic nitrogens is 3. The molecular weight excluding hydrogens is 664 g/mol. The van der Waals surface area contributed by atoms with E-state index in [1.54, 1.807) is 58.3 Å². The van der Waals surface area contributed by atoms with E-state index in [4.69, 9.17) is 16.3 Å². The van der Waals surface area contributed by atoms with Gasteiger partial charge in [0, 0.05) is 33.3 Å². The molecule has 7 rings (SSSR count). The van der Waals surface area contributed by atoms with Crippen molar-refractivity contribution >= 4 is 35.1 Å². The molecule has 7 nitrogen and oxygen atoms in total. The van der Waals surface area contributed by atoms with E-state index in [9.17, 15) is 9.59 Å². The minimum atomic E-state index is -0.546. The number of carbonyl (C=O) groups is 2. The second kappa shape index (κ2) is 16.7. The van der Waals surface area contributed by atoms with Gasteiger partial charge < -0.3 is 9.64 Å². The molecule has 48 heavy (non-hydrogen) atoms. The zero-order valence-electron chi connectivity index (χ0n) is 26.0. The van der Waals surface area contributed by atoms with Crippen LogP contribution in [0.15, 0.2) is 151 Å². The molecule has 2 atom stereocenters. The van der Waals surface area contributed by atoms with E-state index >= 15 is 0 Å². The fourth-order valence-electron chi connectivity index (χ4n) is 5.28. The Morgan fingerprint density at radius 3 is 2.33 bits per heavy atom. The number of ketones is 1. The van der Waals surface area contributed by atoms with Crippen LogP contribution in [0.1, 0.15) is 40.5 Å². The predicted octanol–water partition coefficient (Wildman–Crippen LogP) is 8.31. The first-order valence-corrected chi connectivity index (χ1v) is 15.8. The van der Waals surface area contributed by atoms with Crippen LogP contribution in [-0.2, 0) is 28.5 Å². The fourth-order valence-corrected chi connectivity index (χ4v) is 5.41. The van der Waals surface area contributed by atoms with Crippen LogP contribution >= 0.6 is 11.6 Å². The fraction of sp³-hybridized carbons (Fsp3) is 0.128. The first-order valence-electron chi connectivity index (χ1n) is 15.4. The van der Waals surface area contributed by atoms with Crippen molar-refractivity contribution in [3.05, 3.63) is 173 Å². The molecule has 1 amide bonds. The van der Waals surface area contributed by atoms with Gasteiger partial charge in [-0.25, -0.2) is 4.68 Å². The Labute approximate surface area is 295 Å². The standard InChI is InChI=1S/C34H27ClN4O3.C5H6.Fe/c35-27-14-16-29(17-15-27)39-31(20-10-24-6-2-1-3-7-24)33(34(39)41)38-22-28(36-37-38)23-42-30-18-12-26(13-19-30)32(40)21-11-25-8-4-5-9-25;1-2-4-5-3-1;/h1-4,6-22,31,33H,5,23H2;1-4H,5H2;/b20-10+,21-11+;;/t31-,33?;;/m1../s1. The average Bonchev–Trinajstić information content (AvgIpc) is 3.92. The molecule has 1 aromatic heterocycles. The minimum Gasteiger partial charge on any atom is -0.487 e. The number of rotatable bonds is 10. The Hall–Kier alpha value is -5.01. The largest absolute Gasteiger partial charge is 0.487 e. The van der Waals surface area contributed by atoms with E-state index in [2.05, 4.69) is 46.8 Å². The number of hydrogen-bond donors (Lipinski definition) is 0. The normalized spacial score (nSPS) is 17.6. The second-order valence-corrected chi connectivity index (χ2v) is 11.5. The summed E-state index contributed by atoms with van der Waals surface area (Å²) in [6.07, 6.45) is 25.7. The molecule has 0 radical (unpaired) electrons. The zero-order chi connectivity index (χ0) is 32.4. The van der Waals surface area contributed by atoms with Crippen LogP contribution in [-0.4, -0.2) is 32.7 Å². The van der Waals surface area contributed by atoms with E-state index in [0.717, 1.165) is 29.7 Å². The van der Waals surface area contributed by atoms with E-state index in [1.807, 2.05) is 66.8 Å². The third-order valence-electron chi connectivity index (χ3n) is 7.75. The van der Waals surface area contributed by atoms with Crippen molar-refractivity contribution in [2.45, 2.75) is 31.5 Å². The number of benzene rings is 3. The van der Waals surface area contributed by atoms with Gasteiger partial charge in [0.05, 0.1) is 12.2 Å². The van der Waals surface area contributed by atoms with Crippen molar-refractivity contribution in [2.24, 2.45) is 0 Å². The monoisotopic (exact) mass is 696 g/mol. The van der Waals surface area contributed by atoms with Crippen LogP contribution in [0.5, 0.6) is 5.75 Å². The summed E-state index contributed by atoms with van der Waals surface area (Å²) < 4.78 is 7.48. The van der Waals surface area contributed by atoms with Crippen LogP contribution in [0.2, 0.25) is 5.02 Å². The summed E-state index contributed by atoms with van der Waals surface area (Å²) in [4.78, 5) is 27.6. The Bertz CT molecular complexity index is 1880. The van der Waals surface area contributed by atoms with Crippen molar-refractivity contribution in [1.29, 1.82) is 0 Å². The maximum Gasteiger partial charge on any atom is 0.255 e. The van der Waals surface area contributed by atoms with Crippen molar-refractivity contribution in [1.82, 2.24) is 15.0 Å². The third kappa shape index (κ3) is 8.66. The van der Waals surface area contributed by atoms with Gasteiger partial charge >= 0.3 is 0 Å². The van der Waals surface area contributed by atoms with Gasteiger partial charge in [-0.3, -0.25) is 9.59 Å². The minimum absolute atomic E-state index is 0. The average molecular weight is 697 g/mol. The summed E-state index contributed by atoms with van der Waals surface area (Å²) in [7, 11) is 0. The quantitative estimate of drug-likeness (QED) is 0.0722. The van der Waals surface area contributed by atoms with Crippen LogP contribution < -0.4 is 9.64 Å². The molecule has 2 heterocycles. The number of anilines is 1. The van der Waals surface area contributed by atoms with Gasteiger partial charge in [0.15, 0.2) is 11.8 Å². The number of allylic oxidation sites excluding steroid dienone is 10. The number of halogens is 1. The topological polar surface area (TPSA) is 77.3 Å². The summed E-state index contributed by atoms with van der Waals surface area (Å²) >= 11 is 6.08. The van der Waals surface area contributed by atoms with E-state index in [-0.39, 0.29) is 41.4 Å². The Balaban J connectivity index is 0.000000689. The number of amides is 1. The molecule has 0 spiro atoms. The van der Waals surface area contributed by atoms with Crippen LogP contribution in [0.4, 0.5) is 5.69 Å². The predicted molar refractivity (Wildman–Crippen MR) is 186 cm³/mol. The molecule has 1 aliphatic heterocycles. The van der Waals surface area contributed by atoms with Crippen molar-refractivity contribution in [3.63, 3.8) is 0 Å². The summed E-state index contributed by atoms with van der Waals surface area (Å²) in [6, 6.07) is 23.3. The molecule has 3 aromatic carbocycles. The number of β-lactam (4-membered cyclic amide) rings is 1. The Morgan fingerprint density at radius 2 is 1.67 bits per heavy atom. The summed E-state index contributed by atoms with van der Waals surface area (Å²) in [5.41, 5.74) is 3.99. The molecule has 0 bridgehead atoms. The smallest absolute Gasteiger partial charge is 0.255 e. The second-order valence-electron chi connectivity index (χ2n) is 11.0. The molecule has 242 valence electrons. The van der Waals surface area contributed by atoms with Gasteiger partial charge in [0.25, 0.3) is 5.91 Å². The van der Waals surface area contributed by atoms with Crippen LogP contribution in [0, 0.1) is 0 Å². The van der Waals surface area contributed by atoms with Gasteiger partial charge in [-0.05, 0) is 78.6 Å². The summed E-state index contributed by atoms with van der Waals surface area (Å²) in [5, 5.41) is 9.11. The molecular formula is C39H33ClFeN4O3. The van der Waals surface area contributed by atoms with E-state index in [0.29, 0.717) is 22.0 Å². The Morgan fingerprint density at radius 1 is 0.917 bits per heavy atom. The van der Waals surface area contributed by atoms with Gasteiger partial charge in [-0.15, -0.1) is 5.10 Å². The van der Waals surface area contributed by atoms with Crippen molar-refractivity contribution in [2.75, 3.05) is 4.90 Å². The number of ether oxygens (including phenoxy) is 1. The first-order chi connectivity index (χ1) is 23.0. The third-order valence-corrected chi connectivity index (χ3v) is 8.01. The van der Waals surface area contributed by atoms with Gasteiger partial charge in [0.1, 0.15) is 18.1 Å². The van der Waals surface area contributed by atoms with Crippen LogP contribution in [0.3, 0.4) is 0 Å². The molecule has 2 aliphatic carbocycles. The summed E-state index contributed by atoms with van der Waals surface area (Å²) in [5.74, 6) is 0.440. The number of carbonyl (C=O) groups excluding carboxylic acids is 2. The number of nitrogens with zero attached hydrogens (tertiary/aromatic N) is 4. The molecule has 9 heteroatoms. The van der Waals surface area contributed by atoms with Crippen molar-refractivity contribution in [3.8, 4) is 5.75 Å². The molecule has 0 saturated carbocycles. The summed E-state index contributed by atoms with van der Waals surface area (Å²) in [6.45, 7) is 0.167. The zero-order valence-corrected chi connectivity index (χ0v) is 27.8. The first kappa shape index (κ1) is 34.3. The SMILES string of the molecule is C1=CCC=C1.O=C(/C=C/C1=CCC=C1)c1ccc(OCc2cn(C3C(=O)N(c4ccc(Cl)cc4)[C@@H]3/C=C/c3ccccc3)nn2)cc1.[Fe].